The molecule has 0 saturated carbocycles. The third-order valence-electron chi connectivity index (χ3n) is 4.54. The Morgan fingerprint density at radius 1 is 0.862 bits per heavy atom. The Labute approximate surface area is 182 Å². The topological polar surface area (TPSA) is 62.9 Å². The number of aromatic nitrogens is 3. The van der Waals surface area contributed by atoms with Gasteiger partial charge in [-0.2, -0.15) is 0 Å². The van der Waals surface area contributed by atoms with Gasteiger partial charge in [0.15, 0.2) is 16.3 Å². The number of rotatable bonds is 4. The fourth-order valence-electron chi connectivity index (χ4n) is 3.17. The summed E-state index contributed by atoms with van der Waals surface area (Å²) in [6.45, 7) is 0. The fourth-order valence-corrected chi connectivity index (χ4v) is 3.87. The van der Waals surface area contributed by atoms with Crippen molar-refractivity contribution in [1.82, 2.24) is 15.0 Å². The highest BCUT2D eigenvalue weighted by atomic mass is 35.5. The van der Waals surface area contributed by atoms with Gasteiger partial charge < -0.3 is 19.4 Å². The molecular formula is C21H16ClN3O2S2. The summed E-state index contributed by atoms with van der Waals surface area (Å²) in [5.41, 5.74) is 4.11. The minimum absolute atomic E-state index is 0.418. The predicted molar refractivity (Wildman–Crippen MR) is 121 cm³/mol. The third-order valence-corrected chi connectivity index (χ3v) is 5.30. The lowest BCUT2D eigenvalue weighted by atomic mass is 10.0. The van der Waals surface area contributed by atoms with E-state index in [1.54, 1.807) is 14.2 Å². The van der Waals surface area contributed by atoms with Crippen molar-refractivity contribution in [1.29, 1.82) is 0 Å². The largest absolute Gasteiger partial charge is 0.493 e. The zero-order valence-corrected chi connectivity index (χ0v) is 18.0. The summed E-state index contributed by atoms with van der Waals surface area (Å²) in [6, 6.07) is 15.2. The van der Waals surface area contributed by atoms with Crippen LogP contribution in [0.25, 0.3) is 33.4 Å². The number of aromatic amines is 2. The summed E-state index contributed by atoms with van der Waals surface area (Å²) in [6.07, 6.45) is 0. The first-order chi connectivity index (χ1) is 14.0. The lowest BCUT2D eigenvalue weighted by molar-refractivity contribution is 0.355. The number of hydrogen-bond donors (Lipinski definition) is 2. The molecule has 2 aromatic carbocycles. The normalized spacial score (nSPS) is 10.9. The van der Waals surface area contributed by atoms with Gasteiger partial charge in [0, 0.05) is 10.6 Å². The van der Waals surface area contributed by atoms with E-state index in [2.05, 4.69) is 9.97 Å². The molecule has 2 N–H and O–H groups in total. The van der Waals surface area contributed by atoms with Crippen molar-refractivity contribution in [3.8, 4) is 33.9 Å². The van der Waals surface area contributed by atoms with Crippen LogP contribution >= 0.6 is 36.0 Å². The Morgan fingerprint density at radius 3 is 2.24 bits per heavy atom. The number of H-pyrrole nitrogens is 2. The summed E-state index contributed by atoms with van der Waals surface area (Å²) < 4.78 is 11.7. The van der Waals surface area contributed by atoms with E-state index in [-0.39, 0.29) is 0 Å². The van der Waals surface area contributed by atoms with E-state index in [0.29, 0.717) is 31.6 Å². The second kappa shape index (κ2) is 7.94. The van der Waals surface area contributed by atoms with E-state index in [0.717, 1.165) is 27.8 Å². The summed E-state index contributed by atoms with van der Waals surface area (Å²) >= 11 is 16.9. The van der Waals surface area contributed by atoms with Gasteiger partial charge in [0.2, 0.25) is 0 Å². The molecule has 0 aliphatic heterocycles. The molecule has 0 unspecified atom stereocenters. The molecule has 2 heterocycles. The summed E-state index contributed by atoms with van der Waals surface area (Å²) in [7, 11) is 3.21. The molecule has 0 saturated heterocycles. The first-order valence-electron chi connectivity index (χ1n) is 8.66. The summed E-state index contributed by atoms with van der Waals surface area (Å²) in [5.74, 6) is 1.27. The molecular weight excluding hydrogens is 426 g/mol. The van der Waals surface area contributed by atoms with Crippen LogP contribution in [0.3, 0.4) is 0 Å². The molecule has 0 atom stereocenters. The van der Waals surface area contributed by atoms with Crippen molar-refractivity contribution in [3.63, 3.8) is 0 Å². The number of hydrogen-bond acceptors (Lipinski definition) is 5. The van der Waals surface area contributed by atoms with Crippen molar-refractivity contribution in [2.24, 2.45) is 0 Å². The van der Waals surface area contributed by atoms with Crippen LogP contribution in [0.1, 0.15) is 0 Å². The Kier molecular flexibility index (Phi) is 5.36. The second-order valence-corrected chi connectivity index (χ2v) is 7.52. The molecule has 146 valence electrons. The number of nitrogens with one attached hydrogen (secondary N) is 2. The van der Waals surface area contributed by atoms with E-state index >= 15 is 0 Å². The van der Waals surface area contributed by atoms with Gasteiger partial charge in [0.1, 0.15) is 10.3 Å². The number of benzene rings is 2. The van der Waals surface area contributed by atoms with Crippen LogP contribution in [0.2, 0.25) is 5.02 Å². The van der Waals surface area contributed by atoms with Crippen LogP contribution in [-0.2, 0) is 0 Å². The second-order valence-electron chi connectivity index (χ2n) is 6.26. The number of halogens is 1. The highest BCUT2D eigenvalue weighted by Gasteiger charge is 2.14. The summed E-state index contributed by atoms with van der Waals surface area (Å²) in [4.78, 5) is 10.9. The summed E-state index contributed by atoms with van der Waals surface area (Å²) in [5, 5.41) is 1.46. The van der Waals surface area contributed by atoms with Gasteiger partial charge in [-0.3, -0.25) is 0 Å². The van der Waals surface area contributed by atoms with Gasteiger partial charge >= 0.3 is 0 Å². The molecule has 0 spiro atoms. The van der Waals surface area contributed by atoms with E-state index in [9.17, 15) is 0 Å². The number of fused-ring (bicyclic) bond motifs is 1. The third kappa shape index (κ3) is 3.76. The lowest BCUT2D eigenvalue weighted by Crippen LogP contribution is -1.96. The van der Waals surface area contributed by atoms with E-state index in [1.165, 1.54) is 0 Å². The first kappa shape index (κ1) is 19.6. The maximum atomic E-state index is 6.07. The van der Waals surface area contributed by atoms with Crippen LogP contribution in [0.15, 0.2) is 48.5 Å². The number of pyridine rings is 1. The van der Waals surface area contributed by atoms with Crippen LogP contribution < -0.4 is 9.47 Å². The van der Waals surface area contributed by atoms with Gasteiger partial charge in [-0.05, 0) is 59.7 Å². The Balaban J connectivity index is 2.03. The average Bonchev–Trinajstić information content (AvgIpc) is 2.72. The standard InChI is InChI=1S/C21H16ClN3O2S2/c1-26-16-8-5-12(9-17(16)27-2)15-10-14(11-3-6-13(22)7-4-11)18-19(23-15)24-21(29)25-20(18)28/h3-10H,1-2H3,(H2,23,24,25,28,29). The highest BCUT2D eigenvalue weighted by molar-refractivity contribution is 7.72. The minimum atomic E-state index is 0.418. The van der Waals surface area contributed by atoms with Gasteiger partial charge in [-0.1, -0.05) is 36.0 Å². The van der Waals surface area contributed by atoms with Gasteiger partial charge in [0.25, 0.3) is 0 Å². The number of methoxy groups -OCH3 is 2. The maximum Gasteiger partial charge on any atom is 0.177 e. The quantitative estimate of drug-likeness (QED) is 0.361. The van der Waals surface area contributed by atoms with Crippen LogP contribution in [0.4, 0.5) is 0 Å². The monoisotopic (exact) mass is 441 g/mol. The molecule has 0 bridgehead atoms. The molecule has 0 amide bonds. The van der Waals surface area contributed by atoms with Crippen LogP contribution in [0.5, 0.6) is 11.5 Å². The van der Waals surface area contributed by atoms with Crippen LogP contribution in [-0.4, -0.2) is 29.2 Å². The first-order valence-corrected chi connectivity index (χ1v) is 9.85. The number of ether oxygens (including phenoxy) is 2. The van der Waals surface area contributed by atoms with Crippen molar-refractivity contribution in [3.05, 3.63) is 63.0 Å². The van der Waals surface area contributed by atoms with Gasteiger partial charge in [0.05, 0.1) is 25.3 Å². The van der Waals surface area contributed by atoms with Gasteiger partial charge in [-0.25, -0.2) is 4.98 Å². The lowest BCUT2D eigenvalue weighted by Gasteiger charge is -2.12. The Bertz CT molecular complexity index is 1330. The van der Waals surface area contributed by atoms with Crippen molar-refractivity contribution >= 4 is 47.1 Å². The minimum Gasteiger partial charge on any atom is -0.493 e. The molecule has 0 aliphatic carbocycles. The SMILES string of the molecule is COc1ccc(-c2cc(-c3ccc(Cl)cc3)c3c(=S)[nH]c(=S)[nH]c3n2)cc1OC. The van der Waals surface area contributed by atoms with Crippen molar-refractivity contribution in [2.75, 3.05) is 14.2 Å². The van der Waals surface area contributed by atoms with Crippen molar-refractivity contribution in [2.45, 2.75) is 0 Å². The zero-order valence-electron chi connectivity index (χ0n) is 15.6. The van der Waals surface area contributed by atoms with Crippen molar-refractivity contribution < 1.29 is 9.47 Å². The zero-order chi connectivity index (χ0) is 20.5. The molecule has 0 aliphatic rings. The van der Waals surface area contributed by atoms with E-state index in [1.807, 2.05) is 48.5 Å². The molecule has 4 aromatic rings. The molecule has 29 heavy (non-hydrogen) atoms. The van der Waals surface area contributed by atoms with E-state index in [4.69, 9.17) is 50.5 Å². The predicted octanol–water partition coefficient (Wildman–Crippen LogP) is 6.35. The molecule has 8 heteroatoms. The van der Waals surface area contributed by atoms with Gasteiger partial charge in [-0.15, -0.1) is 0 Å². The smallest absolute Gasteiger partial charge is 0.177 e. The molecule has 2 aromatic heterocycles. The maximum absolute atomic E-state index is 6.07. The number of nitrogens with zero attached hydrogens (tertiary/aromatic N) is 1. The molecule has 4 rings (SSSR count). The fraction of sp³-hybridized carbons (Fsp3) is 0.0952. The molecule has 0 radical (unpaired) electrons. The van der Waals surface area contributed by atoms with Crippen LogP contribution in [0, 0.1) is 9.41 Å². The molecule has 0 fully saturated rings. The Morgan fingerprint density at radius 2 is 1.55 bits per heavy atom. The van der Waals surface area contributed by atoms with E-state index < -0.39 is 0 Å². The molecule has 5 nitrogen and oxygen atoms in total. The highest BCUT2D eigenvalue weighted by Crippen LogP contribution is 2.35. The average molecular weight is 442 g/mol. The Hall–Kier alpha value is -2.74.